The molecule has 0 radical (unpaired) electrons. The van der Waals surface area contributed by atoms with Gasteiger partial charge in [-0.05, 0) is 6.42 Å². The largest absolute Gasteiger partial charge is 0.454 e. The third-order valence-electron chi connectivity index (χ3n) is 8.90. The Morgan fingerprint density at radius 1 is 0.638 bits per heavy atom. The van der Waals surface area contributed by atoms with Crippen molar-refractivity contribution in [2.24, 2.45) is 0 Å². The van der Waals surface area contributed by atoms with Gasteiger partial charge in [-0.2, -0.15) is 0 Å². The highest BCUT2D eigenvalue weighted by atomic mass is 16.8. The number of esters is 1. The molecule has 14 atom stereocenters. The standard InChI is InChI=1S/C30H54O17/c1-2-3-4-5-6-7-8-9-10-11-19(35)44-26-24(40)21(37)17(13-32)43-29(26)47-30(15-34)27(22(38)18(14-33)46-30)45-28-25(41)23(39)20(36)16(12-31)42-28/h16-18,20-29,31-34,36-41H,2-15H2,1H3/t16-,17-,18-,20-,21-,22-,23+,24+,25-,26-,27+,28-,29-,30+/m1/s1. The van der Waals surface area contributed by atoms with Gasteiger partial charge in [-0.15, -0.1) is 0 Å². The molecule has 3 saturated heterocycles. The number of carbonyl (C=O) groups excluding carboxylic acids is 1. The van der Waals surface area contributed by atoms with Gasteiger partial charge in [0.2, 0.25) is 12.1 Å². The van der Waals surface area contributed by atoms with E-state index in [4.69, 9.17) is 28.4 Å². The molecule has 0 amide bonds. The highest BCUT2D eigenvalue weighted by Crippen LogP contribution is 2.40. The highest BCUT2D eigenvalue weighted by molar-refractivity contribution is 5.69. The third kappa shape index (κ3) is 9.99. The molecule has 0 unspecified atom stereocenters. The van der Waals surface area contributed by atoms with E-state index >= 15 is 0 Å². The highest BCUT2D eigenvalue weighted by Gasteiger charge is 2.62. The lowest BCUT2D eigenvalue weighted by atomic mass is 9.98. The van der Waals surface area contributed by atoms with E-state index in [1.807, 2.05) is 0 Å². The van der Waals surface area contributed by atoms with Crippen LogP contribution in [0.5, 0.6) is 0 Å². The van der Waals surface area contributed by atoms with Crippen LogP contribution in [0, 0.1) is 0 Å². The predicted molar refractivity (Wildman–Crippen MR) is 157 cm³/mol. The molecule has 17 heteroatoms. The lowest BCUT2D eigenvalue weighted by molar-refractivity contribution is -0.400. The Balaban J connectivity index is 1.74. The van der Waals surface area contributed by atoms with Gasteiger partial charge in [0.15, 0.2) is 12.4 Å². The van der Waals surface area contributed by atoms with Crippen molar-refractivity contribution < 1.29 is 84.3 Å². The van der Waals surface area contributed by atoms with E-state index in [9.17, 15) is 55.9 Å². The summed E-state index contributed by atoms with van der Waals surface area (Å²) in [6.45, 7) is -1.41. The summed E-state index contributed by atoms with van der Waals surface area (Å²) >= 11 is 0. The van der Waals surface area contributed by atoms with Gasteiger partial charge in [0.1, 0.15) is 67.6 Å². The monoisotopic (exact) mass is 686 g/mol. The smallest absolute Gasteiger partial charge is 0.306 e. The summed E-state index contributed by atoms with van der Waals surface area (Å²) in [4.78, 5) is 12.8. The number of carbonyl (C=O) groups is 1. The van der Waals surface area contributed by atoms with Gasteiger partial charge in [-0.25, -0.2) is 0 Å². The fourth-order valence-electron chi connectivity index (χ4n) is 6.03. The second-order valence-corrected chi connectivity index (χ2v) is 12.4. The second kappa shape index (κ2) is 19.3. The van der Waals surface area contributed by atoms with Gasteiger partial charge in [-0.1, -0.05) is 58.3 Å². The Bertz CT molecular complexity index is 912. The number of hydrogen-bond donors (Lipinski definition) is 10. The SMILES string of the molecule is CCCCCCCCCCCC(=O)O[C@H]1[C@@H](O[C@]2(CO)O[C@H](CO)[C@@H](O)[C@@H]2O[C@H]2O[C@H](CO)[C@@H](O)[C@H](O)[C@H]2O)O[C@H](CO)[C@@H](O)[C@@H]1O. The number of aliphatic hydroxyl groups is 10. The van der Waals surface area contributed by atoms with Gasteiger partial charge < -0.3 is 79.5 Å². The first-order valence-electron chi connectivity index (χ1n) is 16.5. The predicted octanol–water partition coefficient (Wildman–Crippen LogP) is -3.10. The van der Waals surface area contributed by atoms with Crippen LogP contribution in [0.1, 0.15) is 71.1 Å². The van der Waals surface area contributed by atoms with Crippen LogP contribution >= 0.6 is 0 Å². The Labute approximate surface area is 273 Å². The first kappa shape index (κ1) is 40.3. The zero-order valence-electron chi connectivity index (χ0n) is 26.7. The van der Waals surface area contributed by atoms with E-state index in [1.54, 1.807) is 0 Å². The summed E-state index contributed by atoms with van der Waals surface area (Å²) in [7, 11) is 0. The van der Waals surface area contributed by atoms with E-state index in [0.717, 1.165) is 32.1 Å². The zero-order valence-corrected chi connectivity index (χ0v) is 26.7. The Hall–Kier alpha value is -1.13. The summed E-state index contributed by atoms with van der Waals surface area (Å²) < 4.78 is 33.7. The Morgan fingerprint density at radius 3 is 1.72 bits per heavy atom. The number of rotatable bonds is 19. The van der Waals surface area contributed by atoms with Crippen LogP contribution in [0.15, 0.2) is 0 Å². The minimum absolute atomic E-state index is 0.0267. The van der Waals surface area contributed by atoms with Gasteiger partial charge in [0.05, 0.1) is 19.8 Å². The Kier molecular flexibility index (Phi) is 16.6. The molecule has 0 aromatic carbocycles. The quantitative estimate of drug-likeness (QED) is 0.0476. The van der Waals surface area contributed by atoms with E-state index in [1.165, 1.54) is 19.3 Å². The molecule has 0 spiro atoms. The molecule has 3 fully saturated rings. The molecule has 0 aromatic heterocycles. The van der Waals surface area contributed by atoms with Gasteiger partial charge >= 0.3 is 5.97 Å². The van der Waals surface area contributed by atoms with Gasteiger partial charge in [0.25, 0.3) is 0 Å². The molecular weight excluding hydrogens is 632 g/mol. The summed E-state index contributed by atoms with van der Waals surface area (Å²) in [6.07, 6.45) is -13.4. The van der Waals surface area contributed by atoms with E-state index in [-0.39, 0.29) is 6.42 Å². The van der Waals surface area contributed by atoms with Crippen molar-refractivity contribution in [3.05, 3.63) is 0 Å². The van der Waals surface area contributed by atoms with Crippen LogP contribution in [0.3, 0.4) is 0 Å². The molecule has 0 aromatic rings. The van der Waals surface area contributed by atoms with E-state index in [0.29, 0.717) is 6.42 Å². The van der Waals surface area contributed by atoms with Crippen LogP contribution in [-0.2, 0) is 33.2 Å². The average Bonchev–Trinajstić information content (AvgIpc) is 3.33. The van der Waals surface area contributed by atoms with Crippen molar-refractivity contribution in [3.63, 3.8) is 0 Å². The second-order valence-electron chi connectivity index (χ2n) is 12.4. The van der Waals surface area contributed by atoms with Crippen LogP contribution in [0.2, 0.25) is 0 Å². The lowest BCUT2D eigenvalue weighted by Gasteiger charge is -2.46. The molecule has 0 aliphatic carbocycles. The molecule has 3 heterocycles. The normalized spacial score (nSPS) is 40.9. The number of ether oxygens (including phenoxy) is 6. The zero-order chi connectivity index (χ0) is 34.7. The van der Waals surface area contributed by atoms with E-state index < -0.39 is 118 Å². The lowest BCUT2D eigenvalue weighted by Crippen LogP contribution is -2.65. The maximum Gasteiger partial charge on any atom is 0.306 e. The molecule has 10 N–H and O–H groups in total. The Morgan fingerprint density at radius 2 is 1.17 bits per heavy atom. The van der Waals surface area contributed by atoms with Crippen molar-refractivity contribution in [3.8, 4) is 0 Å². The molecule has 3 aliphatic heterocycles. The van der Waals surface area contributed by atoms with Crippen molar-refractivity contribution in [1.82, 2.24) is 0 Å². The van der Waals surface area contributed by atoms with Crippen molar-refractivity contribution in [2.45, 2.75) is 157 Å². The number of unbranched alkanes of at least 4 members (excludes halogenated alkanes) is 8. The maximum atomic E-state index is 12.8. The number of hydrogen-bond acceptors (Lipinski definition) is 17. The first-order valence-corrected chi connectivity index (χ1v) is 16.5. The topological polar surface area (TPSA) is 275 Å². The van der Waals surface area contributed by atoms with Crippen LogP contribution in [0.4, 0.5) is 0 Å². The average molecular weight is 687 g/mol. The summed E-state index contributed by atoms with van der Waals surface area (Å²) in [6, 6.07) is 0. The first-order chi connectivity index (χ1) is 22.5. The fourth-order valence-corrected chi connectivity index (χ4v) is 6.03. The number of aliphatic hydroxyl groups excluding tert-OH is 10. The van der Waals surface area contributed by atoms with E-state index in [2.05, 4.69) is 6.92 Å². The maximum absolute atomic E-state index is 12.8. The fraction of sp³-hybridized carbons (Fsp3) is 0.967. The molecule has 3 rings (SSSR count). The molecule has 3 aliphatic rings. The molecule has 0 saturated carbocycles. The van der Waals surface area contributed by atoms with Crippen LogP contribution < -0.4 is 0 Å². The van der Waals surface area contributed by atoms with Crippen molar-refractivity contribution >= 4 is 5.97 Å². The molecule has 0 bridgehead atoms. The summed E-state index contributed by atoms with van der Waals surface area (Å²) in [5.74, 6) is -3.24. The molecule has 17 nitrogen and oxygen atoms in total. The minimum atomic E-state index is -2.49. The van der Waals surface area contributed by atoms with Gasteiger partial charge in [-0.3, -0.25) is 4.79 Å². The molecule has 276 valence electrons. The third-order valence-corrected chi connectivity index (χ3v) is 8.90. The minimum Gasteiger partial charge on any atom is -0.454 e. The molecule has 47 heavy (non-hydrogen) atoms. The summed E-state index contributed by atoms with van der Waals surface area (Å²) in [5.41, 5.74) is 0. The van der Waals surface area contributed by atoms with Crippen molar-refractivity contribution in [1.29, 1.82) is 0 Å². The van der Waals surface area contributed by atoms with Crippen LogP contribution in [0.25, 0.3) is 0 Å². The van der Waals surface area contributed by atoms with Gasteiger partial charge in [0, 0.05) is 6.42 Å². The molecular formula is C30H54O17. The van der Waals surface area contributed by atoms with Crippen LogP contribution in [-0.4, -0.2) is 169 Å². The summed E-state index contributed by atoms with van der Waals surface area (Å²) in [5, 5.41) is 103. The van der Waals surface area contributed by atoms with Crippen molar-refractivity contribution in [2.75, 3.05) is 26.4 Å².